The number of ether oxygens (including phenoxy) is 1. The van der Waals surface area contributed by atoms with E-state index in [4.69, 9.17) is 4.74 Å². The van der Waals surface area contributed by atoms with E-state index < -0.39 is 0 Å². The van der Waals surface area contributed by atoms with Crippen LogP contribution in [0.2, 0.25) is 0 Å². The van der Waals surface area contributed by atoms with Crippen molar-refractivity contribution in [3.8, 4) is 5.75 Å². The minimum Gasteiger partial charge on any atom is -0.497 e. The lowest BCUT2D eigenvalue weighted by Gasteiger charge is -2.17. The number of hydrogen-bond acceptors (Lipinski definition) is 2. The highest BCUT2D eigenvalue weighted by molar-refractivity contribution is 9.10. The first-order chi connectivity index (χ1) is 9.63. The number of likely N-dealkylation sites (N-methyl/N-ethyl adjacent to an activating group) is 1. The molecule has 0 heterocycles. The smallest absolute Gasteiger partial charge is 0.137 e. The standard InChI is InChI=1S/C16H17BrFNO/c1-19-16(12-6-7-14(17)15(18)10-12)9-11-4-3-5-13(8-11)20-2/h3-8,10,16,19H,9H2,1-2H3. The van der Waals surface area contributed by atoms with E-state index in [1.54, 1.807) is 19.2 Å². The summed E-state index contributed by atoms with van der Waals surface area (Å²) in [5.41, 5.74) is 2.07. The lowest BCUT2D eigenvalue weighted by molar-refractivity contribution is 0.414. The van der Waals surface area contributed by atoms with Gasteiger partial charge in [0, 0.05) is 6.04 Å². The molecule has 1 atom stereocenters. The van der Waals surface area contributed by atoms with Gasteiger partial charge in [0.25, 0.3) is 0 Å². The maximum atomic E-state index is 13.6. The molecule has 2 rings (SSSR count). The Morgan fingerprint density at radius 2 is 2.05 bits per heavy atom. The molecule has 20 heavy (non-hydrogen) atoms. The number of nitrogens with one attached hydrogen (secondary N) is 1. The number of hydrogen-bond donors (Lipinski definition) is 1. The molecule has 0 aliphatic heterocycles. The van der Waals surface area contributed by atoms with E-state index in [-0.39, 0.29) is 11.9 Å². The van der Waals surface area contributed by atoms with Crippen molar-refractivity contribution in [1.82, 2.24) is 5.32 Å². The molecular weight excluding hydrogens is 321 g/mol. The highest BCUT2D eigenvalue weighted by Crippen LogP contribution is 2.24. The summed E-state index contributed by atoms with van der Waals surface area (Å²) in [5.74, 6) is 0.590. The Kier molecular flexibility index (Phi) is 5.15. The zero-order valence-corrected chi connectivity index (χ0v) is 13.1. The molecule has 0 radical (unpaired) electrons. The van der Waals surface area contributed by atoms with Crippen LogP contribution < -0.4 is 10.1 Å². The van der Waals surface area contributed by atoms with Gasteiger partial charge in [-0.05, 0) is 64.8 Å². The summed E-state index contributed by atoms with van der Waals surface area (Å²) in [5, 5.41) is 3.23. The fourth-order valence-electron chi connectivity index (χ4n) is 2.15. The number of methoxy groups -OCH3 is 1. The van der Waals surface area contributed by atoms with E-state index in [1.807, 2.05) is 37.4 Å². The number of benzene rings is 2. The van der Waals surface area contributed by atoms with Crippen molar-refractivity contribution >= 4 is 15.9 Å². The highest BCUT2D eigenvalue weighted by Gasteiger charge is 2.12. The average molecular weight is 338 g/mol. The summed E-state index contributed by atoms with van der Waals surface area (Å²) < 4.78 is 19.3. The van der Waals surface area contributed by atoms with Crippen molar-refractivity contribution in [3.05, 3.63) is 63.9 Å². The first-order valence-corrected chi connectivity index (χ1v) is 7.18. The minimum absolute atomic E-state index is 0.0599. The fraction of sp³-hybridized carbons (Fsp3) is 0.250. The predicted octanol–water partition coefficient (Wildman–Crippen LogP) is 4.10. The SMILES string of the molecule is CNC(Cc1cccc(OC)c1)c1ccc(Br)c(F)c1. The molecule has 0 bridgehead atoms. The normalized spacial score (nSPS) is 12.2. The maximum absolute atomic E-state index is 13.6. The van der Waals surface area contributed by atoms with Crippen molar-refractivity contribution in [2.24, 2.45) is 0 Å². The van der Waals surface area contributed by atoms with Gasteiger partial charge in [-0.15, -0.1) is 0 Å². The van der Waals surface area contributed by atoms with E-state index in [2.05, 4.69) is 21.2 Å². The molecule has 0 fully saturated rings. The van der Waals surface area contributed by atoms with Gasteiger partial charge in [-0.3, -0.25) is 0 Å². The molecule has 0 saturated carbocycles. The maximum Gasteiger partial charge on any atom is 0.137 e. The second kappa shape index (κ2) is 6.86. The Labute approximate surface area is 127 Å². The van der Waals surface area contributed by atoms with Crippen molar-refractivity contribution in [2.75, 3.05) is 14.2 Å². The van der Waals surface area contributed by atoms with E-state index in [0.29, 0.717) is 4.47 Å². The Hall–Kier alpha value is -1.39. The molecule has 0 saturated heterocycles. The van der Waals surface area contributed by atoms with Crippen molar-refractivity contribution < 1.29 is 9.13 Å². The predicted molar refractivity (Wildman–Crippen MR) is 82.6 cm³/mol. The van der Waals surface area contributed by atoms with Gasteiger partial charge in [0.15, 0.2) is 0 Å². The molecule has 1 unspecified atom stereocenters. The Morgan fingerprint density at radius 1 is 1.25 bits per heavy atom. The first-order valence-electron chi connectivity index (χ1n) is 6.39. The van der Waals surface area contributed by atoms with Crippen LogP contribution in [0, 0.1) is 5.82 Å². The molecule has 0 spiro atoms. The Bertz CT molecular complexity index is 588. The van der Waals surface area contributed by atoms with Gasteiger partial charge < -0.3 is 10.1 Å². The molecule has 2 nitrogen and oxygen atoms in total. The Morgan fingerprint density at radius 3 is 2.70 bits per heavy atom. The van der Waals surface area contributed by atoms with Crippen LogP contribution in [0.15, 0.2) is 46.9 Å². The third-order valence-electron chi connectivity index (χ3n) is 3.27. The molecular formula is C16H17BrFNO. The third kappa shape index (κ3) is 3.58. The summed E-state index contributed by atoms with van der Waals surface area (Å²) in [6.45, 7) is 0. The van der Waals surface area contributed by atoms with E-state index in [9.17, 15) is 4.39 Å². The molecule has 0 aliphatic rings. The molecule has 2 aromatic rings. The molecule has 2 aromatic carbocycles. The summed E-state index contributed by atoms with van der Waals surface area (Å²) in [6, 6.07) is 13.2. The largest absolute Gasteiger partial charge is 0.497 e. The van der Waals surface area contributed by atoms with Gasteiger partial charge in [0.2, 0.25) is 0 Å². The van der Waals surface area contributed by atoms with Crippen LogP contribution in [0.4, 0.5) is 4.39 Å². The molecule has 4 heteroatoms. The third-order valence-corrected chi connectivity index (χ3v) is 3.91. The second-order valence-corrected chi connectivity index (χ2v) is 5.42. The zero-order valence-electron chi connectivity index (χ0n) is 11.5. The van der Waals surface area contributed by atoms with E-state index in [0.717, 1.165) is 23.3 Å². The monoisotopic (exact) mass is 337 g/mol. The summed E-state index contributed by atoms with van der Waals surface area (Å²) in [6.07, 6.45) is 0.773. The van der Waals surface area contributed by atoms with Crippen LogP contribution in [0.1, 0.15) is 17.2 Å². The lowest BCUT2D eigenvalue weighted by atomic mass is 9.99. The molecule has 0 amide bonds. The highest BCUT2D eigenvalue weighted by atomic mass is 79.9. The van der Waals surface area contributed by atoms with Crippen LogP contribution in [0.5, 0.6) is 5.75 Å². The topological polar surface area (TPSA) is 21.3 Å². The van der Waals surface area contributed by atoms with Gasteiger partial charge in [-0.2, -0.15) is 0 Å². The summed E-state index contributed by atoms with van der Waals surface area (Å²) in [4.78, 5) is 0. The first kappa shape index (κ1) is 15.0. The van der Waals surface area contributed by atoms with Crippen LogP contribution in [-0.2, 0) is 6.42 Å². The zero-order chi connectivity index (χ0) is 14.5. The van der Waals surface area contributed by atoms with Gasteiger partial charge in [0.05, 0.1) is 11.6 Å². The number of rotatable bonds is 5. The van der Waals surface area contributed by atoms with Gasteiger partial charge in [-0.25, -0.2) is 4.39 Å². The van der Waals surface area contributed by atoms with Crippen molar-refractivity contribution in [3.63, 3.8) is 0 Å². The van der Waals surface area contributed by atoms with E-state index in [1.165, 1.54) is 0 Å². The van der Waals surface area contributed by atoms with Crippen molar-refractivity contribution in [2.45, 2.75) is 12.5 Å². The van der Waals surface area contributed by atoms with Crippen molar-refractivity contribution in [1.29, 1.82) is 0 Å². The van der Waals surface area contributed by atoms with E-state index >= 15 is 0 Å². The average Bonchev–Trinajstić information content (AvgIpc) is 2.48. The molecule has 1 N–H and O–H groups in total. The van der Waals surface area contributed by atoms with Crippen LogP contribution in [-0.4, -0.2) is 14.2 Å². The quantitative estimate of drug-likeness (QED) is 0.886. The van der Waals surface area contributed by atoms with Gasteiger partial charge >= 0.3 is 0 Å². The summed E-state index contributed by atoms with van der Waals surface area (Å²) >= 11 is 3.17. The van der Waals surface area contributed by atoms with Crippen LogP contribution in [0.25, 0.3) is 0 Å². The fourth-order valence-corrected chi connectivity index (χ4v) is 2.40. The van der Waals surface area contributed by atoms with Gasteiger partial charge in [-0.1, -0.05) is 18.2 Å². The number of halogens is 2. The van der Waals surface area contributed by atoms with Gasteiger partial charge in [0.1, 0.15) is 11.6 Å². The minimum atomic E-state index is -0.242. The Balaban J connectivity index is 2.21. The molecule has 106 valence electrons. The summed E-state index contributed by atoms with van der Waals surface area (Å²) in [7, 11) is 3.53. The lowest BCUT2D eigenvalue weighted by Crippen LogP contribution is -2.19. The molecule has 0 aromatic heterocycles. The van der Waals surface area contributed by atoms with Crippen LogP contribution in [0.3, 0.4) is 0 Å². The van der Waals surface area contributed by atoms with Crippen LogP contribution >= 0.6 is 15.9 Å². The second-order valence-electron chi connectivity index (χ2n) is 4.57. The molecule has 0 aliphatic carbocycles.